The Morgan fingerprint density at radius 1 is 0.793 bits per heavy atom. The number of halogens is 3. The maximum Gasteiger partial charge on any atom is 0.163 e. The van der Waals surface area contributed by atoms with Crippen LogP contribution in [0.4, 0.5) is 0 Å². The first kappa shape index (κ1) is 21.7. The van der Waals surface area contributed by atoms with Crippen LogP contribution in [0.1, 0.15) is 23.6 Å². The van der Waals surface area contributed by atoms with E-state index in [4.69, 9.17) is 44.3 Å². The van der Waals surface area contributed by atoms with Crippen molar-refractivity contribution in [2.75, 3.05) is 6.61 Å². The van der Waals surface area contributed by atoms with Crippen molar-refractivity contribution in [2.24, 2.45) is 0 Å². The highest BCUT2D eigenvalue weighted by atomic mass is 35.5. The maximum absolute atomic E-state index is 6.49. The van der Waals surface area contributed by atoms with E-state index in [-0.39, 0.29) is 0 Å². The molecule has 0 radical (unpaired) electrons. The van der Waals surface area contributed by atoms with Crippen LogP contribution in [-0.4, -0.2) is 11.6 Å². The van der Waals surface area contributed by atoms with Gasteiger partial charge < -0.3 is 14.8 Å². The first-order valence-corrected chi connectivity index (χ1v) is 10.3. The average molecular weight is 452 g/mol. The molecule has 0 spiro atoms. The monoisotopic (exact) mass is 450 g/mol. The zero-order valence-corrected chi connectivity index (χ0v) is 18.2. The van der Waals surface area contributed by atoms with Crippen molar-refractivity contribution in [3.8, 4) is 11.5 Å². The fourth-order valence-electron chi connectivity index (χ4n) is 2.73. The summed E-state index contributed by atoms with van der Waals surface area (Å²) in [6.07, 6.45) is 3.55. The third-order valence-corrected chi connectivity index (χ3v) is 5.28. The Hall–Kier alpha value is -1.98. The van der Waals surface area contributed by atoms with Crippen LogP contribution in [-0.2, 0) is 19.7 Å². The second-order valence-electron chi connectivity index (χ2n) is 6.32. The summed E-state index contributed by atoms with van der Waals surface area (Å²) in [5.41, 5.74) is 3.00. The summed E-state index contributed by atoms with van der Waals surface area (Å²) in [5, 5.41) is 5.00. The van der Waals surface area contributed by atoms with Gasteiger partial charge in [0.2, 0.25) is 0 Å². The largest absolute Gasteiger partial charge is 0.490 e. The summed E-state index contributed by atoms with van der Waals surface area (Å²) in [6, 6.07) is 13.0. The number of hydrogen-bond acceptors (Lipinski definition) is 4. The number of pyridine rings is 1. The van der Waals surface area contributed by atoms with Crippen LogP contribution in [0.5, 0.6) is 11.5 Å². The van der Waals surface area contributed by atoms with Gasteiger partial charge in [0.15, 0.2) is 11.5 Å². The van der Waals surface area contributed by atoms with Gasteiger partial charge in [0.25, 0.3) is 0 Å². The van der Waals surface area contributed by atoms with Crippen molar-refractivity contribution >= 4 is 34.8 Å². The van der Waals surface area contributed by atoms with E-state index in [0.29, 0.717) is 46.3 Å². The third kappa shape index (κ3) is 6.25. The molecule has 3 aromatic rings. The Morgan fingerprint density at radius 2 is 1.55 bits per heavy atom. The van der Waals surface area contributed by atoms with Gasteiger partial charge in [-0.3, -0.25) is 4.98 Å². The fraction of sp³-hybridized carbons (Fsp3) is 0.227. The van der Waals surface area contributed by atoms with Gasteiger partial charge in [-0.05, 0) is 53.9 Å². The van der Waals surface area contributed by atoms with Gasteiger partial charge in [0, 0.05) is 36.6 Å². The molecule has 0 atom stereocenters. The number of rotatable bonds is 9. The summed E-state index contributed by atoms with van der Waals surface area (Å²) in [7, 11) is 0. The van der Waals surface area contributed by atoms with Crippen molar-refractivity contribution < 1.29 is 9.47 Å². The van der Waals surface area contributed by atoms with E-state index >= 15 is 0 Å². The molecule has 1 aromatic heterocycles. The first-order valence-electron chi connectivity index (χ1n) is 9.18. The number of nitrogens with one attached hydrogen (secondary N) is 1. The molecule has 152 valence electrons. The first-order chi connectivity index (χ1) is 14.1. The Bertz CT molecular complexity index is 952. The minimum Gasteiger partial charge on any atom is -0.490 e. The summed E-state index contributed by atoms with van der Waals surface area (Å²) >= 11 is 18.5. The summed E-state index contributed by atoms with van der Waals surface area (Å²) in [6.45, 7) is 4.10. The van der Waals surface area contributed by atoms with Crippen molar-refractivity contribution in [3.05, 3.63) is 86.6 Å². The second kappa shape index (κ2) is 10.7. The van der Waals surface area contributed by atoms with Crippen LogP contribution in [0.2, 0.25) is 15.1 Å². The molecular weight excluding hydrogens is 431 g/mol. The van der Waals surface area contributed by atoms with Gasteiger partial charge in [0.1, 0.15) is 6.61 Å². The topological polar surface area (TPSA) is 43.4 Å². The normalized spacial score (nSPS) is 10.8. The van der Waals surface area contributed by atoms with Crippen molar-refractivity contribution in [2.45, 2.75) is 26.6 Å². The molecule has 0 aliphatic rings. The number of benzene rings is 2. The lowest BCUT2D eigenvalue weighted by Crippen LogP contribution is -2.13. The highest BCUT2D eigenvalue weighted by Gasteiger charge is 2.12. The average Bonchev–Trinajstić information content (AvgIpc) is 2.72. The van der Waals surface area contributed by atoms with Gasteiger partial charge in [-0.2, -0.15) is 0 Å². The lowest BCUT2D eigenvalue weighted by Gasteiger charge is -2.15. The minimum atomic E-state index is 0.326. The molecule has 0 aliphatic heterocycles. The van der Waals surface area contributed by atoms with E-state index in [1.807, 2.05) is 31.2 Å². The maximum atomic E-state index is 6.49. The minimum absolute atomic E-state index is 0.326. The SMILES string of the molecule is CCOc1cc(CNCc2ccncc2)c(Cl)cc1OCc1ccc(Cl)c(Cl)c1. The predicted octanol–water partition coefficient (Wildman–Crippen LogP) is 6.31. The van der Waals surface area contributed by atoms with Crippen LogP contribution in [0, 0.1) is 0 Å². The number of nitrogens with zero attached hydrogens (tertiary/aromatic N) is 1. The molecule has 7 heteroatoms. The van der Waals surface area contributed by atoms with Crippen LogP contribution < -0.4 is 14.8 Å². The van der Waals surface area contributed by atoms with Gasteiger partial charge in [-0.1, -0.05) is 40.9 Å². The molecule has 0 saturated carbocycles. The summed E-state index contributed by atoms with van der Waals surface area (Å²) in [5.74, 6) is 1.23. The van der Waals surface area contributed by atoms with Gasteiger partial charge >= 0.3 is 0 Å². The van der Waals surface area contributed by atoms with Crippen molar-refractivity contribution in [1.82, 2.24) is 10.3 Å². The van der Waals surface area contributed by atoms with E-state index in [2.05, 4.69) is 10.3 Å². The van der Waals surface area contributed by atoms with E-state index in [1.54, 1.807) is 30.6 Å². The molecule has 0 aliphatic carbocycles. The quantitative estimate of drug-likeness (QED) is 0.414. The van der Waals surface area contributed by atoms with Crippen molar-refractivity contribution in [3.63, 3.8) is 0 Å². The summed E-state index contributed by atoms with van der Waals surface area (Å²) < 4.78 is 11.7. The molecule has 1 heterocycles. The van der Waals surface area contributed by atoms with Gasteiger partial charge in [-0.15, -0.1) is 0 Å². The highest BCUT2D eigenvalue weighted by Crippen LogP contribution is 2.34. The predicted molar refractivity (Wildman–Crippen MR) is 118 cm³/mol. The van der Waals surface area contributed by atoms with E-state index in [9.17, 15) is 0 Å². The Kier molecular flexibility index (Phi) is 8.01. The van der Waals surface area contributed by atoms with Crippen LogP contribution in [0.3, 0.4) is 0 Å². The summed E-state index contributed by atoms with van der Waals surface area (Å²) in [4.78, 5) is 4.02. The molecule has 2 aromatic carbocycles. The molecule has 1 N–H and O–H groups in total. The number of ether oxygens (including phenoxy) is 2. The lowest BCUT2D eigenvalue weighted by molar-refractivity contribution is 0.269. The smallest absolute Gasteiger partial charge is 0.163 e. The second-order valence-corrected chi connectivity index (χ2v) is 7.54. The molecule has 0 fully saturated rings. The van der Waals surface area contributed by atoms with E-state index < -0.39 is 0 Å². The molecule has 0 bridgehead atoms. The Morgan fingerprint density at radius 3 is 2.28 bits per heavy atom. The van der Waals surface area contributed by atoms with Crippen LogP contribution >= 0.6 is 34.8 Å². The Balaban J connectivity index is 1.68. The Labute approximate surface area is 185 Å². The molecule has 0 saturated heterocycles. The standard InChI is InChI=1S/C22H21Cl3N2O2/c1-2-28-21-10-17(13-27-12-15-5-7-26-8-6-15)19(24)11-22(21)29-14-16-3-4-18(23)20(25)9-16/h3-11,27H,2,12-14H2,1H3. The van der Waals surface area contributed by atoms with Gasteiger partial charge in [0.05, 0.1) is 16.7 Å². The van der Waals surface area contributed by atoms with Crippen LogP contribution in [0.15, 0.2) is 54.9 Å². The highest BCUT2D eigenvalue weighted by molar-refractivity contribution is 6.42. The third-order valence-electron chi connectivity index (χ3n) is 4.18. The lowest BCUT2D eigenvalue weighted by atomic mass is 10.2. The van der Waals surface area contributed by atoms with E-state index in [0.717, 1.165) is 23.2 Å². The van der Waals surface area contributed by atoms with Gasteiger partial charge in [-0.25, -0.2) is 0 Å². The zero-order chi connectivity index (χ0) is 20.6. The number of hydrogen-bond donors (Lipinski definition) is 1. The zero-order valence-electron chi connectivity index (χ0n) is 15.9. The molecule has 0 unspecified atom stereocenters. The molecule has 0 amide bonds. The van der Waals surface area contributed by atoms with Crippen LogP contribution in [0.25, 0.3) is 0 Å². The number of aromatic nitrogens is 1. The molecule has 29 heavy (non-hydrogen) atoms. The molecular formula is C22H21Cl3N2O2. The van der Waals surface area contributed by atoms with E-state index in [1.165, 1.54) is 0 Å². The molecule has 4 nitrogen and oxygen atoms in total. The molecule has 3 rings (SSSR count). The fourth-order valence-corrected chi connectivity index (χ4v) is 3.27. The van der Waals surface area contributed by atoms with Crippen molar-refractivity contribution in [1.29, 1.82) is 0 Å².